The average molecular weight is 313 g/mol. The van der Waals surface area contributed by atoms with Gasteiger partial charge in [0.1, 0.15) is 0 Å². The van der Waals surface area contributed by atoms with Crippen LogP contribution in [0.4, 0.5) is 0 Å². The fraction of sp³-hybridized carbons (Fsp3) is 0.667. The van der Waals surface area contributed by atoms with Crippen LogP contribution in [-0.2, 0) is 13.1 Å². The highest BCUT2D eigenvalue weighted by molar-refractivity contribution is 5.18. The topological polar surface area (TPSA) is 100 Å². The van der Waals surface area contributed by atoms with E-state index in [1.165, 1.54) is 0 Å². The maximum atomic E-state index is 9.19. The predicted molar refractivity (Wildman–Crippen MR) is 83.1 cm³/mol. The van der Waals surface area contributed by atoms with E-state index in [0.29, 0.717) is 13.1 Å². The summed E-state index contributed by atoms with van der Waals surface area (Å²) >= 11 is 0. The van der Waals surface area contributed by atoms with Crippen LogP contribution in [0.25, 0.3) is 0 Å². The third kappa shape index (κ3) is 5.60. The van der Waals surface area contributed by atoms with Crippen molar-refractivity contribution in [3.63, 3.8) is 0 Å². The van der Waals surface area contributed by atoms with E-state index < -0.39 is 0 Å². The van der Waals surface area contributed by atoms with E-state index in [0.717, 1.165) is 11.1 Å². The highest BCUT2D eigenvalue weighted by Gasteiger charge is 2.15. The van der Waals surface area contributed by atoms with Crippen molar-refractivity contribution in [2.24, 2.45) is 0 Å². The lowest BCUT2D eigenvalue weighted by atomic mass is 10.1. The summed E-state index contributed by atoms with van der Waals surface area (Å²) < 4.78 is 0. The molecule has 1 heterocycles. The predicted octanol–water partition coefficient (Wildman–Crippen LogP) is -1.35. The Morgan fingerprint density at radius 2 is 1.18 bits per heavy atom. The number of aliphatic hydroxyl groups is 4. The van der Waals surface area contributed by atoms with E-state index in [4.69, 9.17) is 0 Å². The second-order valence-electron chi connectivity index (χ2n) is 5.57. The zero-order valence-corrected chi connectivity index (χ0v) is 13.3. The van der Waals surface area contributed by atoms with Gasteiger partial charge in [0.2, 0.25) is 0 Å². The van der Waals surface area contributed by atoms with E-state index >= 15 is 0 Å². The standard InChI is InChI=1S/C15H27N3O4/c1-17(14(8-19)9-20)6-12-3-13(5-16-4-12)7-18(2)15(10-21)11-22/h3-5,14-15,19-22H,6-11H2,1-2H3. The van der Waals surface area contributed by atoms with Gasteiger partial charge in [0, 0.05) is 25.5 Å². The Labute approximate surface area is 131 Å². The van der Waals surface area contributed by atoms with Crippen molar-refractivity contribution in [1.82, 2.24) is 14.8 Å². The first kappa shape index (κ1) is 19.0. The molecule has 0 amide bonds. The number of pyridine rings is 1. The van der Waals surface area contributed by atoms with Gasteiger partial charge in [0.25, 0.3) is 0 Å². The van der Waals surface area contributed by atoms with Gasteiger partial charge in [-0.25, -0.2) is 0 Å². The van der Waals surface area contributed by atoms with Crippen molar-refractivity contribution < 1.29 is 20.4 Å². The maximum Gasteiger partial charge on any atom is 0.0609 e. The molecule has 0 radical (unpaired) electrons. The van der Waals surface area contributed by atoms with Crippen molar-refractivity contribution in [2.45, 2.75) is 25.2 Å². The van der Waals surface area contributed by atoms with Gasteiger partial charge >= 0.3 is 0 Å². The second kappa shape index (κ2) is 9.83. The number of nitrogens with zero attached hydrogens (tertiary/aromatic N) is 3. The monoisotopic (exact) mass is 313 g/mol. The molecule has 126 valence electrons. The minimum Gasteiger partial charge on any atom is -0.395 e. The first-order chi connectivity index (χ1) is 10.5. The number of hydrogen-bond acceptors (Lipinski definition) is 7. The van der Waals surface area contributed by atoms with Gasteiger partial charge in [-0.1, -0.05) is 6.07 Å². The largest absolute Gasteiger partial charge is 0.395 e. The van der Waals surface area contributed by atoms with Crippen molar-refractivity contribution in [3.8, 4) is 0 Å². The zero-order valence-electron chi connectivity index (χ0n) is 13.3. The van der Waals surface area contributed by atoms with Crippen LogP contribution in [0, 0.1) is 0 Å². The van der Waals surface area contributed by atoms with Crippen molar-refractivity contribution in [2.75, 3.05) is 40.5 Å². The molecule has 0 saturated carbocycles. The molecule has 0 saturated heterocycles. The van der Waals surface area contributed by atoms with Crippen LogP contribution in [0.3, 0.4) is 0 Å². The number of likely N-dealkylation sites (N-methyl/N-ethyl adjacent to an activating group) is 2. The summed E-state index contributed by atoms with van der Waals surface area (Å²) in [4.78, 5) is 7.95. The fourth-order valence-corrected chi connectivity index (χ4v) is 2.22. The molecule has 0 bridgehead atoms. The lowest BCUT2D eigenvalue weighted by Gasteiger charge is -2.26. The number of aliphatic hydroxyl groups excluding tert-OH is 4. The van der Waals surface area contributed by atoms with E-state index in [1.807, 2.05) is 30.0 Å². The smallest absolute Gasteiger partial charge is 0.0609 e. The van der Waals surface area contributed by atoms with Gasteiger partial charge in [0.15, 0.2) is 0 Å². The van der Waals surface area contributed by atoms with Crippen LogP contribution in [-0.4, -0.2) is 87.8 Å². The molecule has 0 fully saturated rings. The van der Waals surface area contributed by atoms with Gasteiger partial charge < -0.3 is 20.4 Å². The Hall–Kier alpha value is -1.09. The molecule has 1 rings (SSSR count). The molecule has 0 aliphatic heterocycles. The van der Waals surface area contributed by atoms with Crippen molar-refractivity contribution in [1.29, 1.82) is 0 Å². The molecular formula is C15H27N3O4. The molecule has 0 atom stereocenters. The summed E-state index contributed by atoms with van der Waals surface area (Å²) in [5, 5.41) is 36.8. The van der Waals surface area contributed by atoms with Gasteiger partial charge in [0.05, 0.1) is 38.5 Å². The highest BCUT2D eigenvalue weighted by Crippen LogP contribution is 2.10. The van der Waals surface area contributed by atoms with E-state index in [-0.39, 0.29) is 38.5 Å². The molecule has 0 aliphatic rings. The van der Waals surface area contributed by atoms with Crippen LogP contribution in [0.5, 0.6) is 0 Å². The Kier molecular flexibility index (Phi) is 8.47. The van der Waals surface area contributed by atoms with Crippen LogP contribution in [0.2, 0.25) is 0 Å². The molecule has 0 unspecified atom stereocenters. The third-order valence-electron chi connectivity index (χ3n) is 3.81. The van der Waals surface area contributed by atoms with Crippen LogP contribution < -0.4 is 0 Å². The number of hydrogen-bond donors (Lipinski definition) is 4. The molecule has 7 nitrogen and oxygen atoms in total. The fourth-order valence-electron chi connectivity index (χ4n) is 2.22. The first-order valence-electron chi connectivity index (χ1n) is 7.32. The summed E-state index contributed by atoms with van der Waals surface area (Å²) in [5.74, 6) is 0. The van der Waals surface area contributed by atoms with Crippen molar-refractivity contribution >= 4 is 0 Å². The van der Waals surface area contributed by atoms with Crippen LogP contribution in [0.15, 0.2) is 18.5 Å². The first-order valence-corrected chi connectivity index (χ1v) is 7.32. The number of aromatic nitrogens is 1. The van der Waals surface area contributed by atoms with Gasteiger partial charge in [-0.05, 0) is 25.2 Å². The molecular weight excluding hydrogens is 286 g/mol. The third-order valence-corrected chi connectivity index (χ3v) is 3.81. The summed E-state index contributed by atoms with van der Waals surface area (Å²) in [7, 11) is 3.67. The minimum absolute atomic E-state index is 0.0997. The van der Waals surface area contributed by atoms with Crippen LogP contribution >= 0.6 is 0 Å². The lowest BCUT2D eigenvalue weighted by molar-refractivity contribution is 0.0863. The van der Waals surface area contributed by atoms with Gasteiger partial charge in [-0.3, -0.25) is 14.8 Å². The molecule has 0 aromatic carbocycles. The van der Waals surface area contributed by atoms with E-state index in [9.17, 15) is 20.4 Å². The summed E-state index contributed by atoms with van der Waals surface area (Å²) in [6.07, 6.45) is 3.50. The molecule has 22 heavy (non-hydrogen) atoms. The Bertz CT molecular complexity index is 390. The quantitative estimate of drug-likeness (QED) is 0.424. The lowest BCUT2D eigenvalue weighted by Crippen LogP contribution is -2.37. The Morgan fingerprint density at radius 1 is 0.818 bits per heavy atom. The molecule has 4 N–H and O–H groups in total. The van der Waals surface area contributed by atoms with E-state index in [2.05, 4.69) is 4.98 Å². The Morgan fingerprint density at radius 3 is 1.50 bits per heavy atom. The van der Waals surface area contributed by atoms with E-state index in [1.54, 1.807) is 12.4 Å². The second-order valence-corrected chi connectivity index (χ2v) is 5.57. The Balaban J connectivity index is 2.69. The average Bonchev–Trinajstić information content (AvgIpc) is 2.50. The van der Waals surface area contributed by atoms with Crippen molar-refractivity contribution in [3.05, 3.63) is 29.6 Å². The maximum absolute atomic E-state index is 9.19. The summed E-state index contributed by atoms with van der Waals surface area (Å²) in [6, 6.07) is 1.41. The summed E-state index contributed by atoms with van der Waals surface area (Å²) in [5.41, 5.74) is 1.95. The van der Waals surface area contributed by atoms with Gasteiger partial charge in [-0.2, -0.15) is 0 Å². The minimum atomic E-state index is -0.292. The normalized spacial score (nSPS) is 12.1. The molecule has 1 aromatic heterocycles. The number of rotatable bonds is 10. The summed E-state index contributed by atoms with van der Waals surface area (Å²) in [6.45, 7) is 0.740. The SMILES string of the molecule is CN(Cc1cncc(CN(C)C(CO)CO)c1)C(CO)CO. The molecule has 7 heteroatoms. The highest BCUT2D eigenvalue weighted by atomic mass is 16.3. The molecule has 0 aliphatic carbocycles. The molecule has 0 spiro atoms. The zero-order chi connectivity index (χ0) is 16.5. The van der Waals surface area contributed by atoms with Crippen LogP contribution in [0.1, 0.15) is 11.1 Å². The molecule has 1 aromatic rings. The van der Waals surface area contributed by atoms with Gasteiger partial charge in [-0.15, -0.1) is 0 Å².